The zero-order valence-corrected chi connectivity index (χ0v) is 29.1. The number of halogens is 4. The van der Waals surface area contributed by atoms with Crippen LogP contribution in [0.4, 0.5) is 14.5 Å². The smallest absolute Gasteiger partial charge is 0.315 e. The largest absolute Gasteiger partial charge is 0.468 e. The molecule has 1 amide bonds. The molecule has 1 saturated heterocycles. The zero-order chi connectivity index (χ0) is 34.9. The Morgan fingerprint density at radius 3 is 2.24 bits per heavy atom. The number of carbonyl (C=O) groups excluding carboxylic acids is 2. The molecule has 6 nitrogen and oxygen atoms in total. The van der Waals surface area contributed by atoms with Crippen LogP contribution in [0.1, 0.15) is 77.5 Å². The minimum atomic E-state index is -1.30. The van der Waals surface area contributed by atoms with Gasteiger partial charge in [-0.3, -0.25) is 9.59 Å². The van der Waals surface area contributed by atoms with Gasteiger partial charge in [0.2, 0.25) is 6.41 Å². The Morgan fingerprint density at radius 1 is 1.09 bits per heavy atom. The maximum atomic E-state index is 15.0. The summed E-state index contributed by atoms with van der Waals surface area (Å²) in [6, 6.07) is 18.1. The predicted molar refractivity (Wildman–Crippen MR) is 181 cm³/mol. The molecule has 0 radical (unpaired) electrons. The number of nitrogens with zero attached hydrogens (tertiary/aromatic N) is 1. The van der Waals surface area contributed by atoms with E-state index in [1.807, 2.05) is 13.8 Å². The highest BCUT2D eigenvalue weighted by molar-refractivity contribution is 6.31. The van der Waals surface area contributed by atoms with Gasteiger partial charge in [0.25, 0.3) is 0 Å². The van der Waals surface area contributed by atoms with Crippen LogP contribution in [0.5, 0.6) is 0 Å². The van der Waals surface area contributed by atoms with Crippen molar-refractivity contribution in [2.45, 2.75) is 77.7 Å². The van der Waals surface area contributed by atoms with E-state index < -0.39 is 28.4 Å². The number of nitriles is 1. The maximum absolute atomic E-state index is 15.0. The number of anilines is 1. The standard InChI is InChI=1S/C22H22Cl2F2N2.C12H15NO3.C2H6/c1-21(2,3)10-19-22(12-27,15-8-7-13(23)9-18(15)25)16(11-28-19)14-5-4-6-17(24)20(14)26;1-12(2,11(15)16-3)9-4-6-10(7-5-9)13-8-14;1-2/h4-9,16,19,28H,10-11H2,1-3H3;4-8H,1-3H3,(H,13,14);1-2H3/t16?,19?,22-;;/m1../s1. The van der Waals surface area contributed by atoms with Gasteiger partial charge in [0.05, 0.1) is 23.6 Å². The summed E-state index contributed by atoms with van der Waals surface area (Å²) in [5, 5.41) is 16.5. The van der Waals surface area contributed by atoms with Gasteiger partial charge in [-0.25, -0.2) is 8.78 Å². The fraction of sp³-hybridized carbons (Fsp3) is 0.417. The van der Waals surface area contributed by atoms with Gasteiger partial charge in [0.15, 0.2) is 0 Å². The van der Waals surface area contributed by atoms with Gasteiger partial charge in [-0.15, -0.1) is 0 Å². The first-order chi connectivity index (χ1) is 21.6. The van der Waals surface area contributed by atoms with E-state index in [0.717, 1.165) is 5.56 Å². The third-order valence-corrected chi connectivity index (χ3v) is 8.46. The molecule has 3 aromatic carbocycles. The van der Waals surface area contributed by atoms with E-state index in [9.17, 15) is 19.2 Å². The Morgan fingerprint density at radius 2 is 1.72 bits per heavy atom. The number of methoxy groups -OCH3 is 1. The number of hydrogen-bond donors (Lipinski definition) is 2. The molecule has 46 heavy (non-hydrogen) atoms. The van der Waals surface area contributed by atoms with Crippen LogP contribution in [-0.2, 0) is 25.2 Å². The van der Waals surface area contributed by atoms with Crippen LogP contribution >= 0.6 is 23.2 Å². The lowest BCUT2D eigenvalue weighted by Crippen LogP contribution is -2.44. The molecule has 0 aliphatic carbocycles. The van der Waals surface area contributed by atoms with Crippen LogP contribution in [0, 0.1) is 28.4 Å². The van der Waals surface area contributed by atoms with E-state index >= 15 is 4.39 Å². The number of amides is 1. The molecule has 3 aromatic rings. The highest BCUT2D eigenvalue weighted by Crippen LogP contribution is 2.50. The Balaban J connectivity index is 0.000000348. The van der Waals surface area contributed by atoms with Crippen LogP contribution in [0.2, 0.25) is 10.0 Å². The maximum Gasteiger partial charge on any atom is 0.315 e. The molecule has 0 bridgehead atoms. The van der Waals surface area contributed by atoms with Crippen molar-refractivity contribution in [2.24, 2.45) is 5.41 Å². The lowest BCUT2D eigenvalue weighted by molar-refractivity contribution is -0.146. The van der Waals surface area contributed by atoms with Gasteiger partial charge in [0.1, 0.15) is 17.0 Å². The lowest BCUT2D eigenvalue weighted by Gasteiger charge is -2.37. The summed E-state index contributed by atoms with van der Waals surface area (Å²) in [6.07, 6.45) is 1.22. The van der Waals surface area contributed by atoms with Crippen molar-refractivity contribution in [2.75, 3.05) is 19.0 Å². The molecule has 3 atom stereocenters. The van der Waals surface area contributed by atoms with Crippen LogP contribution in [-0.4, -0.2) is 32.1 Å². The molecule has 1 aliphatic heterocycles. The first-order valence-corrected chi connectivity index (χ1v) is 15.8. The Hall–Kier alpha value is -3.51. The number of esters is 1. The summed E-state index contributed by atoms with van der Waals surface area (Å²) < 4.78 is 34.7. The van der Waals surface area contributed by atoms with E-state index in [2.05, 4.69) is 37.5 Å². The average molecular weight is 675 g/mol. The first-order valence-electron chi connectivity index (χ1n) is 15.1. The normalized spacial score (nSPS) is 19.0. The third kappa shape index (κ3) is 8.64. The van der Waals surface area contributed by atoms with Crippen molar-refractivity contribution >= 4 is 41.3 Å². The minimum Gasteiger partial charge on any atom is -0.468 e. The molecular formula is C36H43Cl2F2N3O3. The monoisotopic (exact) mass is 673 g/mol. The molecule has 2 unspecified atom stereocenters. The summed E-state index contributed by atoms with van der Waals surface area (Å²) in [5.41, 5.74) is -0.0302. The number of hydrogen-bond acceptors (Lipinski definition) is 5. The first kappa shape index (κ1) is 38.7. The fourth-order valence-corrected chi connectivity index (χ4v) is 6.00. The Kier molecular flexibility index (Phi) is 13.7. The molecule has 4 rings (SSSR count). The summed E-state index contributed by atoms with van der Waals surface area (Å²) >= 11 is 11.9. The van der Waals surface area contributed by atoms with Crippen LogP contribution in [0.25, 0.3) is 0 Å². The van der Waals surface area contributed by atoms with Gasteiger partial charge in [-0.2, -0.15) is 5.26 Å². The van der Waals surface area contributed by atoms with E-state index in [1.165, 1.54) is 19.2 Å². The van der Waals surface area contributed by atoms with Crippen molar-refractivity contribution in [1.29, 1.82) is 5.26 Å². The molecular weight excluding hydrogens is 631 g/mol. The summed E-state index contributed by atoms with van der Waals surface area (Å²) in [6.45, 7) is 14.1. The van der Waals surface area contributed by atoms with Crippen LogP contribution in [0.3, 0.4) is 0 Å². The number of carbonyl (C=O) groups is 2. The Bertz CT molecular complexity index is 1530. The quantitative estimate of drug-likeness (QED) is 0.193. The van der Waals surface area contributed by atoms with Gasteiger partial charge in [-0.05, 0) is 67.1 Å². The van der Waals surface area contributed by atoms with Crippen LogP contribution in [0.15, 0.2) is 60.7 Å². The van der Waals surface area contributed by atoms with Gasteiger partial charge < -0.3 is 15.4 Å². The second kappa shape index (κ2) is 16.4. The van der Waals surface area contributed by atoms with Crippen molar-refractivity contribution in [3.8, 4) is 6.07 Å². The zero-order valence-electron chi connectivity index (χ0n) is 27.6. The molecule has 1 aliphatic rings. The highest BCUT2D eigenvalue weighted by Gasteiger charge is 2.55. The molecule has 0 saturated carbocycles. The molecule has 0 spiro atoms. The molecule has 2 N–H and O–H groups in total. The molecule has 1 fully saturated rings. The SMILES string of the molecule is CC.CC(C)(C)CC1NCC(c2cccc(Cl)c2F)[C@@]1(C#N)c1ccc(Cl)cc1F.COC(=O)C(C)(C)c1ccc(NC=O)cc1. The van der Waals surface area contributed by atoms with E-state index in [0.29, 0.717) is 30.6 Å². The van der Waals surface area contributed by atoms with E-state index in [4.69, 9.17) is 27.9 Å². The van der Waals surface area contributed by atoms with E-state index in [-0.39, 0.29) is 33.0 Å². The van der Waals surface area contributed by atoms with Gasteiger partial charge >= 0.3 is 5.97 Å². The molecule has 10 heteroatoms. The Labute approximate surface area is 281 Å². The fourth-order valence-electron chi connectivity index (χ4n) is 5.66. The molecule has 0 aromatic heterocycles. The third-order valence-electron chi connectivity index (χ3n) is 7.93. The second-order valence-electron chi connectivity index (χ2n) is 12.5. The van der Waals surface area contributed by atoms with Gasteiger partial charge in [0, 0.05) is 34.8 Å². The van der Waals surface area contributed by atoms with Crippen molar-refractivity contribution < 1.29 is 23.1 Å². The number of nitrogens with one attached hydrogen (secondary N) is 2. The minimum absolute atomic E-state index is 0.0137. The lowest BCUT2D eigenvalue weighted by atomic mass is 9.64. The number of rotatable bonds is 7. The topological polar surface area (TPSA) is 91.2 Å². The van der Waals surface area contributed by atoms with E-state index in [1.54, 1.807) is 62.4 Å². The van der Waals surface area contributed by atoms with Crippen molar-refractivity contribution in [1.82, 2.24) is 5.32 Å². The van der Waals surface area contributed by atoms with Crippen molar-refractivity contribution in [3.05, 3.63) is 99.0 Å². The summed E-state index contributed by atoms with van der Waals surface area (Å²) in [7, 11) is 1.37. The summed E-state index contributed by atoms with van der Waals surface area (Å²) in [4.78, 5) is 21.8. The number of ether oxygens (including phenoxy) is 1. The van der Waals surface area contributed by atoms with Crippen molar-refractivity contribution in [3.63, 3.8) is 0 Å². The number of benzene rings is 3. The van der Waals surface area contributed by atoms with Crippen LogP contribution < -0.4 is 10.6 Å². The molecule has 248 valence electrons. The predicted octanol–water partition coefficient (Wildman–Crippen LogP) is 8.96. The highest BCUT2D eigenvalue weighted by atomic mass is 35.5. The summed E-state index contributed by atoms with van der Waals surface area (Å²) in [5.74, 6) is -2.02. The molecule has 1 heterocycles. The van der Waals surface area contributed by atoms with Gasteiger partial charge in [-0.1, -0.05) is 88.2 Å². The second-order valence-corrected chi connectivity index (χ2v) is 13.3. The average Bonchev–Trinajstić information content (AvgIpc) is 3.36.